The number of Topliss-reactive ketones (excluding diaryl/α,β-unsaturated/α-hetero) is 1. The van der Waals surface area contributed by atoms with Crippen LogP contribution in [-0.2, 0) is 4.79 Å². The molecule has 1 aliphatic heterocycles. The number of benzene rings is 1. The maximum Gasteiger partial charge on any atom is 0.299 e. The summed E-state index contributed by atoms with van der Waals surface area (Å²) in [5, 5.41) is 0.573. The van der Waals surface area contributed by atoms with Crippen LogP contribution < -0.4 is 4.90 Å². The molecule has 1 heterocycles. The maximum atomic E-state index is 12.2. The van der Waals surface area contributed by atoms with Crippen molar-refractivity contribution in [1.82, 2.24) is 0 Å². The zero-order valence-corrected chi connectivity index (χ0v) is 11.9. The summed E-state index contributed by atoms with van der Waals surface area (Å²) in [6.07, 6.45) is 5.14. The number of fused-ring (bicyclic) bond motifs is 3. The Labute approximate surface area is 122 Å². The fourth-order valence-corrected chi connectivity index (χ4v) is 4.45. The number of hydrogen-bond donors (Lipinski definition) is 0. The van der Waals surface area contributed by atoms with Gasteiger partial charge in [-0.3, -0.25) is 9.59 Å². The quantitative estimate of drug-likeness (QED) is 0.783. The van der Waals surface area contributed by atoms with Gasteiger partial charge in [0.1, 0.15) is 0 Å². The lowest BCUT2D eigenvalue weighted by atomic mass is 9.88. The number of amides is 1. The molecule has 2 fully saturated rings. The minimum Gasteiger partial charge on any atom is -0.304 e. The van der Waals surface area contributed by atoms with Crippen LogP contribution in [0.3, 0.4) is 0 Å². The molecule has 104 valence electrons. The summed E-state index contributed by atoms with van der Waals surface area (Å²) >= 11 is 6.01. The van der Waals surface area contributed by atoms with Gasteiger partial charge in [-0.25, -0.2) is 0 Å². The summed E-state index contributed by atoms with van der Waals surface area (Å²) < 4.78 is 0. The minimum absolute atomic E-state index is 0.384. The monoisotopic (exact) mass is 289 g/mol. The average Bonchev–Trinajstić information content (AvgIpc) is 3.10. The fraction of sp³-hybridized carbons (Fsp3) is 0.500. The third kappa shape index (κ3) is 1.72. The first-order chi connectivity index (χ1) is 9.63. The zero-order valence-electron chi connectivity index (χ0n) is 11.1. The molecule has 2 saturated carbocycles. The molecule has 1 aromatic carbocycles. The lowest BCUT2D eigenvalue weighted by Crippen LogP contribution is -2.36. The first-order valence-electron chi connectivity index (χ1n) is 7.29. The van der Waals surface area contributed by atoms with E-state index < -0.39 is 0 Å². The number of nitrogens with zero attached hydrogens (tertiary/aromatic N) is 1. The molecule has 3 unspecified atom stereocenters. The van der Waals surface area contributed by atoms with Crippen LogP contribution in [0.1, 0.15) is 36.0 Å². The van der Waals surface area contributed by atoms with E-state index in [1.807, 2.05) is 0 Å². The van der Waals surface area contributed by atoms with Gasteiger partial charge in [0.25, 0.3) is 11.7 Å². The van der Waals surface area contributed by atoms with Crippen LogP contribution in [0, 0.1) is 17.8 Å². The van der Waals surface area contributed by atoms with E-state index in [2.05, 4.69) is 0 Å². The van der Waals surface area contributed by atoms with Gasteiger partial charge in [-0.1, -0.05) is 18.0 Å². The highest BCUT2D eigenvalue weighted by Crippen LogP contribution is 2.49. The summed E-state index contributed by atoms with van der Waals surface area (Å²) in [6.45, 7) is 0.680. The van der Waals surface area contributed by atoms with Gasteiger partial charge in [0.05, 0.1) is 11.3 Å². The SMILES string of the molecule is O=C1C(=O)N(CC2CC3CCC2C3)c2cc(Cl)ccc21. The highest BCUT2D eigenvalue weighted by molar-refractivity contribution is 6.52. The Kier molecular flexibility index (Phi) is 2.68. The van der Waals surface area contributed by atoms with Crippen molar-refractivity contribution in [3.8, 4) is 0 Å². The van der Waals surface area contributed by atoms with E-state index in [1.165, 1.54) is 25.7 Å². The van der Waals surface area contributed by atoms with E-state index in [-0.39, 0.29) is 11.7 Å². The number of hydrogen-bond acceptors (Lipinski definition) is 2. The zero-order chi connectivity index (χ0) is 13.9. The standard InChI is InChI=1S/C16H16ClNO2/c17-12-3-4-13-14(7-12)18(16(20)15(13)19)8-11-6-9-1-2-10(11)5-9/h3-4,7,9-11H,1-2,5-6,8H2. The summed E-state index contributed by atoms with van der Waals surface area (Å²) in [7, 11) is 0. The number of halogens is 1. The fourth-order valence-electron chi connectivity index (χ4n) is 4.28. The van der Waals surface area contributed by atoms with Gasteiger partial charge in [0, 0.05) is 11.6 Å². The number of anilines is 1. The molecule has 0 radical (unpaired) electrons. The summed E-state index contributed by atoms with van der Waals surface area (Å²) in [4.78, 5) is 25.9. The van der Waals surface area contributed by atoms with Crippen LogP contribution in [0.15, 0.2) is 18.2 Å². The van der Waals surface area contributed by atoms with Gasteiger partial charge in [0.2, 0.25) is 0 Å². The molecule has 0 aromatic heterocycles. The predicted octanol–water partition coefficient (Wildman–Crippen LogP) is 3.31. The van der Waals surface area contributed by atoms with E-state index >= 15 is 0 Å². The lowest BCUT2D eigenvalue weighted by Gasteiger charge is -2.27. The minimum atomic E-state index is -0.389. The lowest BCUT2D eigenvalue weighted by molar-refractivity contribution is -0.114. The maximum absolute atomic E-state index is 12.2. The third-order valence-electron chi connectivity index (χ3n) is 5.24. The molecule has 3 nitrogen and oxygen atoms in total. The Balaban J connectivity index is 1.64. The van der Waals surface area contributed by atoms with Crippen LogP contribution in [-0.4, -0.2) is 18.2 Å². The molecule has 2 aliphatic carbocycles. The molecule has 4 rings (SSSR count). The Morgan fingerprint density at radius 2 is 2.05 bits per heavy atom. The number of rotatable bonds is 2. The molecule has 0 spiro atoms. The van der Waals surface area contributed by atoms with E-state index in [1.54, 1.807) is 23.1 Å². The Morgan fingerprint density at radius 1 is 1.20 bits per heavy atom. The Bertz CT molecular complexity index is 612. The molecular weight excluding hydrogens is 274 g/mol. The normalized spacial score (nSPS) is 31.2. The Hall–Kier alpha value is -1.35. The van der Waals surface area contributed by atoms with Crippen LogP contribution in [0.2, 0.25) is 5.02 Å². The first kappa shape index (κ1) is 12.4. The van der Waals surface area contributed by atoms with E-state index in [9.17, 15) is 9.59 Å². The molecule has 1 amide bonds. The topological polar surface area (TPSA) is 37.4 Å². The van der Waals surface area contributed by atoms with Crippen molar-refractivity contribution in [2.45, 2.75) is 25.7 Å². The van der Waals surface area contributed by atoms with Crippen molar-refractivity contribution in [1.29, 1.82) is 0 Å². The van der Waals surface area contributed by atoms with Gasteiger partial charge in [-0.2, -0.15) is 0 Å². The van der Waals surface area contributed by atoms with Gasteiger partial charge < -0.3 is 4.90 Å². The van der Waals surface area contributed by atoms with Crippen LogP contribution in [0.5, 0.6) is 0 Å². The molecular formula is C16H16ClNO2. The van der Waals surface area contributed by atoms with Crippen LogP contribution in [0.4, 0.5) is 5.69 Å². The highest BCUT2D eigenvalue weighted by atomic mass is 35.5. The van der Waals surface area contributed by atoms with Gasteiger partial charge >= 0.3 is 0 Å². The van der Waals surface area contributed by atoms with Crippen LogP contribution >= 0.6 is 11.6 Å². The molecule has 4 heteroatoms. The predicted molar refractivity (Wildman–Crippen MR) is 77.1 cm³/mol. The Morgan fingerprint density at radius 3 is 2.75 bits per heavy atom. The van der Waals surface area contributed by atoms with Crippen molar-refractivity contribution in [2.75, 3.05) is 11.4 Å². The van der Waals surface area contributed by atoms with Crippen molar-refractivity contribution >= 4 is 29.0 Å². The second-order valence-corrected chi connectivity index (χ2v) is 6.78. The van der Waals surface area contributed by atoms with Crippen molar-refractivity contribution in [2.24, 2.45) is 17.8 Å². The van der Waals surface area contributed by atoms with Crippen LogP contribution in [0.25, 0.3) is 0 Å². The average molecular weight is 290 g/mol. The second-order valence-electron chi connectivity index (χ2n) is 6.34. The van der Waals surface area contributed by atoms with E-state index in [0.29, 0.717) is 28.7 Å². The van der Waals surface area contributed by atoms with E-state index in [0.717, 1.165) is 11.8 Å². The molecule has 20 heavy (non-hydrogen) atoms. The summed E-state index contributed by atoms with van der Waals surface area (Å²) in [5.41, 5.74) is 1.21. The van der Waals surface area contributed by atoms with Crippen molar-refractivity contribution < 1.29 is 9.59 Å². The van der Waals surface area contributed by atoms with E-state index in [4.69, 9.17) is 11.6 Å². The number of carbonyl (C=O) groups is 2. The second kappa shape index (κ2) is 4.32. The molecule has 0 saturated heterocycles. The molecule has 2 bridgehead atoms. The van der Waals surface area contributed by atoms with Crippen molar-refractivity contribution in [3.63, 3.8) is 0 Å². The molecule has 1 aromatic rings. The molecule has 0 N–H and O–H groups in total. The smallest absolute Gasteiger partial charge is 0.299 e. The van der Waals surface area contributed by atoms with Gasteiger partial charge in [-0.15, -0.1) is 0 Å². The molecule has 3 aliphatic rings. The molecule has 3 atom stereocenters. The summed E-state index contributed by atoms with van der Waals surface area (Å²) in [5.74, 6) is 1.36. The number of carbonyl (C=O) groups excluding carboxylic acids is 2. The third-order valence-corrected chi connectivity index (χ3v) is 5.47. The van der Waals surface area contributed by atoms with Crippen molar-refractivity contribution in [3.05, 3.63) is 28.8 Å². The van der Waals surface area contributed by atoms with Gasteiger partial charge in [-0.05, 0) is 55.2 Å². The van der Waals surface area contributed by atoms with Gasteiger partial charge in [0.15, 0.2) is 0 Å². The highest BCUT2D eigenvalue weighted by Gasteiger charge is 2.43. The summed E-state index contributed by atoms with van der Waals surface area (Å²) in [6, 6.07) is 5.08. The number of ketones is 1. The largest absolute Gasteiger partial charge is 0.304 e. The first-order valence-corrected chi connectivity index (χ1v) is 7.67.